The molecule has 0 aliphatic carbocycles. The monoisotopic (exact) mass is 498 g/mol. The van der Waals surface area contributed by atoms with Crippen LogP contribution in [0.15, 0.2) is 89.3 Å². The van der Waals surface area contributed by atoms with Crippen molar-refractivity contribution in [2.24, 2.45) is 0 Å². The summed E-state index contributed by atoms with van der Waals surface area (Å²) >= 11 is 0. The highest BCUT2D eigenvalue weighted by Gasteiger charge is 2.18. The third kappa shape index (κ3) is 6.48. The average Bonchev–Trinajstić information content (AvgIpc) is 3.43. The number of anilines is 1. The van der Waals surface area contributed by atoms with Crippen LogP contribution < -0.4 is 20.5 Å². The Morgan fingerprint density at radius 3 is 2.38 bits per heavy atom. The molecule has 2 N–H and O–H groups in total. The summed E-state index contributed by atoms with van der Waals surface area (Å²) in [5.41, 5.74) is 6.12. The van der Waals surface area contributed by atoms with E-state index in [4.69, 9.17) is 9.15 Å². The fraction of sp³-hybridized carbons (Fsp3) is 0.241. The van der Waals surface area contributed by atoms with E-state index in [0.29, 0.717) is 18.7 Å². The molecule has 0 bridgehead atoms. The summed E-state index contributed by atoms with van der Waals surface area (Å²) in [5, 5.41) is 2.23. The molecule has 1 aromatic heterocycles. The van der Waals surface area contributed by atoms with Crippen LogP contribution in [0.3, 0.4) is 0 Å². The number of benzene rings is 3. The van der Waals surface area contributed by atoms with Crippen molar-refractivity contribution in [1.82, 2.24) is 15.8 Å². The summed E-state index contributed by atoms with van der Waals surface area (Å²) in [4.78, 5) is 29.2. The molecule has 4 aromatic rings. The molecule has 2 heterocycles. The molecule has 0 unspecified atom stereocenters. The first-order chi connectivity index (χ1) is 18.1. The van der Waals surface area contributed by atoms with E-state index < -0.39 is 5.91 Å². The molecule has 2 amide bonds. The highest BCUT2D eigenvalue weighted by molar-refractivity contribution is 5.93. The van der Waals surface area contributed by atoms with Crippen LogP contribution in [0.4, 0.5) is 5.69 Å². The van der Waals surface area contributed by atoms with Crippen LogP contribution in [-0.4, -0.2) is 49.4 Å². The number of para-hydroxylation sites is 1. The predicted octanol–water partition coefficient (Wildman–Crippen LogP) is 3.99. The van der Waals surface area contributed by atoms with Gasteiger partial charge in [-0.3, -0.25) is 25.3 Å². The predicted molar refractivity (Wildman–Crippen MR) is 142 cm³/mol. The lowest BCUT2D eigenvalue weighted by Gasteiger charge is -2.36. The van der Waals surface area contributed by atoms with Gasteiger partial charge in [0.15, 0.2) is 5.76 Å². The van der Waals surface area contributed by atoms with Crippen molar-refractivity contribution in [2.45, 2.75) is 13.0 Å². The molecule has 1 fully saturated rings. The Hall–Kier alpha value is -4.30. The molecule has 37 heavy (non-hydrogen) atoms. The number of furan rings is 1. The van der Waals surface area contributed by atoms with Gasteiger partial charge in [0, 0.05) is 44.8 Å². The summed E-state index contributed by atoms with van der Waals surface area (Å²) in [6, 6.07) is 27.5. The fourth-order valence-electron chi connectivity index (χ4n) is 4.37. The minimum atomic E-state index is -0.512. The molecule has 0 atom stereocenters. The number of hydrogen-bond acceptors (Lipinski definition) is 6. The first-order valence-corrected chi connectivity index (χ1v) is 12.5. The average molecular weight is 499 g/mol. The number of hydrogen-bond donors (Lipinski definition) is 2. The maximum Gasteiger partial charge on any atom is 0.305 e. The third-order valence-electron chi connectivity index (χ3n) is 6.45. The van der Waals surface area contributed by atoms with Gasteiger partial charge in [0.2, 0.25) is 5.91 Å². The summed E-state index contributed by atoms with van der Waals surface area (Å²) in [5.74, 6) is 0.579. The molecule has 8 nitrogen and oxygen atoms in total. The van der Waals surface area contributed by atoms with Gasteiger partial charge in [-0.2, -0.15) is 0 Å². The number of nitrogens with zero attached hydrogens (tertiary/aromatic N) is 2. The van der Waals surface area contributed by atoms with E-state index in [1.807, 2.05) is 60.7 Å². The fourth-order valence-corrected chi connectivity index (χ4v) is 4.37. The zero-order chi connectivity index (χ0) is 25.5. The Morgan fingerprint density at radius 1 is 0.811 bits per heavy atom. The number of amides is 2. The van der Waals surface area contributed by atoms with Crippen LogP contribution >= 0.6 is 0 Å². The summed E-state index contributed by atoms with van der Waals surface area (Å²) in [6.07, 6.45) is 0.300. The second kappa shape index (κ2) is 11.6. The molecule has 0 saturated carbocycles. The Labute approximate surface area is 215 Å². The highest BCUT2D eigenvalue weighted by atomic mass is 16.5. The van der Waals surface area contributed by atoms with Crippen LogP contribution in [0.5, 0.6) is 5.75 Å². The van der Waals surface area contributed by atoms with Crippen molar-refractivity contribution in [3.8, 4) is 5.75 Å². The van der Waals surface area contributed by atoms with E-state index in [0.717, 1.165) is 42.7 Å². The van der Waals surface area contributed by atoms with Crippen molar-refractivity contribution in [3.05, 3.63) is 96.4 Å². The number of nitrogens with one attached hydrogen (secondary N) is 2. The zero-order valence-corrected chi connectivity index (χ0v) is 20.6. The first-order valence-electron chi connectivity index (χ1n) is 12.5. The minimum absolute atomic E-state index is 0.106. The topological polar surface area (TPSA) is 87.1 Å². The Kier molecular flexibility index (Phi) is 7.66. The lowest BCUT2D eigenvalue weighted by molar-refractivity contribution is -0.122. The molecule has 1 saturated heterocycles. The van der Waals surface area contributed by atoms with Crippen molar-refractivity contribution in [2.75, 3.05) is 37.6 Å². The normalized spacial score (nSPS) is 13.9. The maximum absolute atomic E-state index is 12.4. The van der Waals surface area contributed by atoms with Crippen LogP contribution in [0.25, 0.3) is 10.8 Å². The van der Waals surface area contributed by atoms with Crippen molar-refractivity contribution in [3.63, 3.8) is 0 Å². The van der Waals surface area contributed by atoms with Crippen LogP contribution in [-0.2, 0) is 11.4 Å². The van der Waals surface area contributed by atoms with Gasteiger partial charge in [-0.15, -0.1) is 0 Å². The van der Waals surface area contributed by atoms with E-state index in [1.165, 1.54) is 5.69 Å². The van der Waals surface area contributed by atoms with Crippen LogP contribution in [0.1, 0.15) is 22.7 Å². The molecule has 0 radical (unpaired) electrons. The van der Waals surface area contributed by atoms with Gasteiger partial charge in [0.1, 0.15) is 18.1 Å². The van der Waals surface area contributed by atoms with Gasteiger partial charge < -0.3 is 14.1 Å². The van der Waals surface area contributed by atoms with Gasteiger partial charge in [-0.1, -0.05) is 48.5 Å². The maximum atomic E-state index is 12.4. The SMILES string of the molecule is O=C(CCN1CCN(c2ccccc2)CC1)NNC(=O)c1ccc(COc2ccc3ccccc3c2)o1. The number of fused-ring (bicyclic) bond motifs is 1. The number of rotatable bonds is 8. The molecular formula is C29H30N4O4. The van der Waals surface area contributed by atoms with E-state index in [-0.39, 0.29) is 18.3 Å². The molecular weight excluding hydrogens is 468 g/mol. The zero-order valence-electron chi connectivity index (χ0n) is 20.6. The first kappa shape index (κ1) is 24.4. The van der Waals surface area contributed by atoms with Gasteiger partial charge in [0.05, 0.1) is 0 Å². The molecule has 3 aromatic carbocycles. The molecule has 0 spiro atoms. The second-order valence-electron chi connectivity index (χ2n) is 8.98. The Morgan fingerprint density at radius 2 is 1.57 bits per heavy atom. The van der Waals surface area contributed by atoms with Crippen molar-refractivity contribution in [1.29, 1.82) is 0 Å². The molecule has 1 aliphatic heterocycles. The molecule has 5 rings (SSSR count). The second-order valence-corrected chi connectivity index (χ2v) is 8.98. The van der Waals surface area contributed by atoms with E-state index >= 15 is 0 Å². The molecule has 1 aliphatic rings. The Bertz CT molecular complexity index is 1350. The van der Waals surface area contributed by atoms with Crippen molar-refractivity contribution >= 4 is 28.3 Å². The third-order valence-corrected chi connectivity index (χ3v) is 6.45. The Balaban J connectivity index is 1.01. The lowest BCUT2D eigenvalue weighted by Crippen LogP contribution is -2.48. The van der Waals surface area contributed by atoms with Crippen LogP contribution in [0, 0.1) is 0 Å². The van der Waals surface area contributed by atoms with E-state index in [2.05, 4.69) is 32.8 Å². The summed E-state index contributed by atoms with van der Waals surface area (Å²) in [6.45, 7) is 4.47. The number of hydrazine groups is 1. The van der Waals surface area contributed by atoms with E-state index in [1.54, 1.807) is 12.1 Å². The summed E-state index contributed by atoms with van der Waals surface area (Å²) in [7, 11) is 0. The minimum Gasteiger partial charge on any atom is -0.486 e. The van der Waals surface area contributed by atoms with E-state index in [9.17, 15) is 9.59 Å². The lowest BCUT2D eigenvalue weighted by atomic mass is 10.1. The number of piperazine rings is 1. The van der Waals surface area contributed by atoms with Gasteiger partial charge in [0.25, 0.3) is 0 Å². The standard InChI is InChI=1S/C29H30N4O4/c34-28(14-15-32-16-18-33(19-17-32)24-8-2-1-3-9-24)30-31-29(35)27-13-12-26(37-27)21-36-25-11-10-22-6-4-5-7-23(22)20-25/h1-13,20H,14-19,21H2,(H,30,34)(H,31,35). The van der Waals surface area contributed by atoms with Crippen LogP contribution in [0.2, 0.25) is 0 Å². The summed E-state index contributed by atoms with van der Waals surface area (Å²) < 4.78 is 11.4. The van der Waals surface area contributed by atoms with Crippen molar-refractivity contribution < 1.29 is 18.7 Å². The largest absolute Gasteiger partial charge is 0.486 e. The van der Waals surface area contributed by atoms with Gasteiger partial charge in [-0.25, -0.2) is 0 Å². The molecule has 190 valence electrons. The number of carbonyl (C=O) groups excluding carboxylic acids is 2. The number of ether oxygens (including phenoxy) is 1. The quantitative estimate of drug-likeness (QED) is 0.358. The highest BCUT2D eigenvalue weighted by Crippen LogP contribution is 2.22. The smallest absolute Gasteiger partial charge is 0.305 e. The number of carbonyl (C=O) groups is 2. The van der Waals surface area contributed by atoms with Gasteiger partial charge >= 0.3 is 5.91 Å². The molecule has 8 heteroatoms. The van der Waals surface area contributed by atoms with Gasteiger partial charge in [-0.05, 0) is 47.2 Å².